The molecule has 1 saturated carbocycles. The number of rotatable bonds is 11. The summed E-state index contributed by atoms with van der Waals surface area (Å²) in [5.41, 5.74) is 2.68. The topological polar surface area (TPSA) is 48.9 Å². The lowest BCUT2D eigenvalue weighted by Gasteiger charge is -2.23. The highest BCUT2D eigenvalue weighted by molar-refractivity contribution is 5.79. The molecule has 0 bridgehead atoms. The van der Waals surface area contributed by atoms with Crippen LogP contribution in [0.1, 0.15) is 44.2 Å². The van der Waals surface area contributed by atoms with Crippen molar-refractivity contribution in [3.05, 3.63) is 35.4 Å². The number of hydrogen-bond donors (Lipinski definition) is 2. The molecule has 2 rings (SSSR count). The summed E-state index contributed by atoms with van der Waals surface area (Å²) in [4.78, 5) is 6.68. The maximum atomic E-state index is 5.67. The van der Waals surface area contributed by atoms with Crippen molar-refractivity contribution >= 4 is 5.96 Å². The van der Waals surface area contributed by atoms with Crippen LogP contribution in [0.2, 0.25) is 0 Å². The number of ether oxygens (including phenoxy) is 1. The average Bonchev–Trinajstić information content (AvgIpc) is 3.45. The molecular weight excluding hydrogens is 324 g/mol. The van der Waals surface area contributed by atoms with Gasteiger partial charge in [-0.3, -0.25) is 9.89 Å². The molecule has 0 unspecified atom stereocenters. The molecule has 0 aromatic heterocycles. The summed E-state index contributed by atoms with van der Waals surface area (Å²) >= 11 is 0. The molecule has 0 saturated heterocycles. The van der Waals surface area contributed by atoms with E-state index in [0.717, 1.165) is 51.1 Å². The third-order valence-corrected chi connectivity index (χ3v) is 4.90. The highest BCUT2D eigenvalue weighted by atomic mass is 16.5. The number of hydrogen-bond acceptors (Lipinski definition) is 3. The van der Waals surface area contributed by atoms with Crippen LogP contribution < -0.4 is 10.6 Å². The Morgan fingerprint density at radius 1 is 1.23 bits per heavy atom. The average molecular weight is 361 g/mol. The van der Waals surface area contributed by atoms with Gasteiger partial charge in [-0.25, -0.2) is 0 Å². The predicted molar refractivity (Wildman–Crippen MR) is 109 cm³/mol. The van der Waals surface area contributed by atoms with Crippen LogP contribution in [0, 0.1) is 5.92 Å². The van der Waals surface area contributed by atoms with E-state index in [1.807, 2.05) is 7.05 Å². The lowest BCUT2D eigenvalue weighted by molar-refractivity contribution is 0.123. The third kappa shape index (κ3) is 7.75. The minimum Gasteiger partial charge on any atom is -0.381 e. The first-order chi connectivity index (χ1) is 12.6. The van der Waals surface area contributed by atoms with E-state index in [1.54, 1.807) is 0 Å². The van der Waals surface area contributed by atoms with Gasteiger partial charge in [-0.2, -0.15) is 0 Å². The summed E-state index contributed by atoms with van der Waals surface area (Å²) in [6.45, 7) is 8.82. The van der Waals surface area contributed by atoms with Gasteiger partial charge < -0.3 is 15.4 Å². The standard InChI is InChI=1S/C21H36N4O/c1-17(2)25(4)15-20-9-6-5-8-19(20)14-24-21(22-3)23-12-7-13-26-16-18-10-11-18/h5-6,8-9,17-18H,7,10-16H2,1-4H3,(H2,22,23,24). The Bertz CT molecular complexity index is 555. The van der Waals surface area contributed by atoms with Crippen molar-refractivity contribution in [2.75, 3.05) is 33.9 Å². The van der Waals surface area contributed by atoms with E-state index in [9.17, 15) is 0 Å². The van der Waals surface area contributed by atoms with Crippen molar-refractivity contribution in [3.8, 4) is 0 Å². The highest BCUT2D eigenvalue weighted by Gasteiger charge is 2.20. The smallest absolute Gasteiger partial charge is 0.191 e. The molecule has 0 radical (unpaired) electrons. The number of nitrogens with one attached hydrogen (secondary N) is 2. The maximum Gasteiger partial charge on any atom is 0.191 e. The van der Waals surface area contributed by atoms with Gasteiger partial charge in [-0.05, 0) is 57.2 Å². The van der Waals surface area contributed by atoms with Crippen molar-refractivity contribution in [1.29, 1.82) is 0 Å². The van der Waals surface area contributed by atoms with Gasteiger partial charge in [-0.15, -0.1) is 0 Å². The lowest BCUT2D eigenvalue weighted by Crippen LogP contribution is -2.38. The van der Waals surface area contributed by atoms with Crippen LogP contribution in [-0.4, -0.2) is 50.8 Å². The van der Waals surface area contributed by atoms with Crippen molar-refractivity contribution in [3.63, 3.8) is 0 Å². The van der Waals surface area contributed by atoms with E-state index in [1.165, 1.54) is 24.0 Å². The zero-order valence-electron chi connectivity index (χ0n) is 16.9. The van der Waals surface area contributed by atoms with E-state index in [4.69, 9.17) is 4.74 Å². The number of guanidine groups is 1. The first-order valence-electron chi connectivity index (χ1n) is 9.89. The third-order valence-electron chi connectivity index (χ3n) is 4.90. The zero-order chi connectivity index (χ0) is 18.8. The molecule has 1 fully saturated rings. The second-order valence-corrected chi connectivity index (χ2v) is 7.50. The fourth-order valence-electron chi connectivity index (χ4n) is 2.65. The van der Waals surface area contributed by atoms with E-state index in [2.05, 4.69) is 65.7 Å². The quantitative estimate of drug-likeness (QED) is 0.362. The SMILES string of the molecule is CN=C(NCCCOCC1CC1)NCc1ccccc1CN(C)C(C)C. The van der Waals surface area contributed by atoms with Crippen LogP contribution in [-0.2, 0) is 17.8 Å². The Kier molecular flexibility index (Phi) is 8.92. The molecule has 0 atom stereocenters. The second kappa shape index (κ2) is 11.2. The zero-order valence-corrected chi connectivity index (χ0v) is 16.9. The molecule has 1 aliphatic carbocycles. The first kappa shape index (κ1) is 20.7. The minimum atomic E-state index is 0.535. The van der Waals surface area contributed by atoms with Crippen LogP contribution in [0.3, 0.4) is 0 Å². The van der Waals surface area contributed by atoms with Crippen molar-refractivity contribution in [2.24, 2.45) is 10.9 Å². The Morgan fingerprint density at radius 2 is 1.96 bits per heavy atom. The summed E-state index contributed by atoms with van der Waals surface area (Å²) in [6.07, 6.45) is 3.70. The fraction of sp³-hybridized carbons (Fsp3) is 0.667. The van der Waals surface area contributed by atoms with Gasteiger partial charge in [0, 0.05) is 45.9 Å². The van der Waals surface area contributed by atoms with Crippen LogP contribution in [0.5, 0.6) is 0 Å². The molecule has 1 aliphatic rings. The molecule has 1 aromatic carbocycles. The van der Waals surface area contributed by atoms with Crippen LogP contribution in [0.4, 0.5) is 0 Å². The number of benzene rings is 1. The largest absolute Gasteiger partial charge is 0.381 e. The van der Waals surface area contributed by atoms with Gasteiger partial charge in [0.2, 0.25) is 0 Å². The first-order valence-corrected chi connectivity index (χ1v) is 9.89. The molecule has 146 valence electrons. The molecule has 0 spiro atoms. The van der Waals surface area contributed by atoms with E-state index in [-0.39, 0.29) is 0 Å². The van der Waals surface area contributed by atoms with E-state index in [0.29, 0.717) is 6.04 Å². The maximum absolute atomic E-state index is 5.67. The van der Waals surface area contributed by atoms with Gasteiger partial charge in [0.1, 0.15) is 0 Å². The van der Waals surface area contributed by atoms with E-state index >= 15 is 0 Å². The number of nitrogens with zero attached hydrogens (tertiary/aromatic N) is 2. The van der Waals surface area contributed by atoms with Gasteiger partial charge in [0.05, 0.1) is 0 Å². The normalized spacial score (nSPS) is 14.9. The van der Waals surface area contributed by atoms with Crippen molar-refractivity contribution in [1.82, 2.24) is 15.5 Å². The molecule has 0 heterocycles. The van der Waals surface area contributed by atoms with Crippen LogP contribution in [0.25, 0.3) is 0 Å². The molecule has 0 aliphatic heterocycles. The summed E-state index contributed by atoms with van der Waals surface area (Å²) in [5, 5.41) is 6.80. The van der Waals surface area contributed by atoms with Crippen molar-refractivity contribution < 1.29 is 4.74 Å². The molecule has 2 N–H and O–H groups in total. The monoisotopic (exact) mass is 360 g/mol. The Labute approximate surface area is 159 Å². The lowest BCUT2D eigenvalue weighted by atomic mass is 10.1. The van der Waals surface area contributed by atoms with Crippen LogP contribution >= 0.6 is 0 Å². The highest BCUT2D eigenvalue weighted by Crippen LogP contribution is 2.28. The summed E-state index contributed by atoms with van der Waals surface area (Å²) in [5.74, 6) is 1.69. The Balaban J connectivity index is 1.71. The number of aliphatic imine (C=N–C) groups is 1. The van der Waals surface area contributed by atoms with Crippen LogP contribution in [0.15, 0.2) is 29.3 Å². The second-order valence-electron chi connectivity index (χ2n) is 7.50. The van der Waals surface area contributed by atoms with E-state index < -0.39 is 0 Å². The molecular formula is C21H36N4O. The molecule has 1 aromatic rings. The molecule has 5 heteroatoms. The van der Waals surface area contributed by atoms with Gasteiger partial charge in [-0.1, -0.05) is 24.3 Å². The summed E-state index contributed by atoms with van der Waals surface area (Å²) in [7, 11) is 3.98. The molecule has 5 nitrogen and oxygen atoms in total. The fourth-order valence-corrected chi connectivity index (χ4v) is 2.65. The predicted octanol–water partition coefficient (Wildman–Crippen LogP) is 3.01. The van der Waals surface area contributed by atoms with Gasteiger partial charge in [0.25, 0.3) is 0 Å². The Hall–Kier alpha value is -1.59. The minimum absolute atomic E-state index is 0.535. The summed E-state index contributed by atoms with van der Waals surface area (Å²) < 4.78 is 5.67. The van der Waals surface area contributed by atoms with Crippen molar-refractivity contribution in [2.45, 2.75) is 52.2 Å². The van der Waals surface area contributed by atoms with Gasteiger partial charge in [0.15, 0.2) is 5.96 Å². The molecule has 0 amide bonds. The Morgan fingerprint density at radius 3 is 2.62 bits per heavy atom. The molecule has 26 heavy (non-hydrogen) atoms. The van der Waals surface area contributed by atoms with Gasteiger partial charge >= 0.3 is 0 Å². The summed E-state index contributed by atoms with van der Waals surface area (Å²) in [6, 6.07) is 9.15.